The van der Waals surface area contributed by atoms with Crippen LogP contribution in [0.25, 0.3) is 0 Å². The number of nitrogens with two attached hydrogens (primary N) is 1. The van der Waals surface area contributed by atoms with E-state index in [-0.39, 0.29) is 6.08 Å². The van der Waals surface area contributed by atoms with E-state index in [1.807, 2.05) is 6.92 Å². The van der Waals surface area contributed by atoms with Crippen molar-refractivity contribution in [2.45, 2.75) is 13.3 Å². The molecule has 11 heavy (non-hydrogen) atoms. The topological polar surface area (TPSA) is 74.2 Å². The minimum Gasteiger partial charge on any atom is -0.449 e. The SMILES string of the molecule is CCOc1nc(CCN)no1. The second-order valence-electron chi connectivity index (χ2n) is 1.95. The van der Waals surface area contributed by atoms with E-state index in [0.29, 0.717) is 25.4 Å². The first kappa shape index (κ1) is 8.00. The lowest BCUT2D eigenvalue weighted by Crippen LogP contribution is -2.03. The van der Waals surface area contributed by atoms with Gasteiger partial charge in [0.15, 0.2) is 5.82 Å². The standard InChI is InChI=1S/C6H11N3O2/c1-2-10-6-8-5(3-4-7)9-11-6/h2-4,7H2,1H3. The van der Waals surface area contributed by atoms with E-state index in [1.165, 1.54) is 0 Å². The Labute approximate surface area is 64.5 Å². The summed E-state index contributed by atoms with van der Waals surface area (Å²) in [5, 5.41) is 3.63. The van der Waals surface area contributed by atoms with Crippen molar-refractivity contribution in [2.75, 3.05) is 13.2 Å². The van der Waals surface area contributed by atoms with Crippen LogP contribution in [-0.4, -0.2) is 23.3 Å². The molecule has 0 aliphatic carbocycles. The molecule has 0 unspecified atom stereocenters. The zero-order valence-electron chi connectivity index (χ0n) is 6.41. The Balaban J connectivity index is 2.51. The highest BCUT2D eigenvalue weighted by atomic mass is 16.6. The highest BCUT2D eigenvalue weighted by molar-refractivity contribution is 4.90. The van der Waals surface area contributed by atoms with E-state index in [4.69, 9.17) is 15.0 Å². The van der Waals surface area contributed by atoms with Gasteiger partial charge in [-0.2, -0.15) is 4.98 Å². The number of hydrogen-bond donors (Lipinski definition) is 1. The average molecular weight is 157 g/mol. The summed E-state index contributed by atoms with van der Waals surface area (Å²) in [6.45, 7) is 2.90. The Morgan fingerprint density at radius 1 is 1.64 bits per heavy atom. The second kappa shape index (κ2) is 3.92. The van der Waals surface area contributed by atoms with Gasteiger partial charge in [-0.15, -0.1) is 0 Å². The van der Waals surface area contributed by atoms with Gasteiger partial charge in [-0.25, -0.2) is 0 Å². The van der Waals surface area contributed by atoms with E-state index < -0.39 is 0 Å². The van der Waals surface area contributed by atoms with Gasteiger partial charge in [-0.1, -0.05) is 5.16 Å². The second-order valence-corrected chi connectivity index (χ2v) is 1.95. The van der Waals surface area contributed by atoms with Crippen LogP contribution in [0, 0.1) is 0 Å². The van der Waals surface area contributed by atoms with Crippen molar-refractivity contribution in [3.8, 4) is 6.08 Å². The van der Waals surface area contributed by atoms with Gasteiger partial charge in [0.25, 0.3) is 0 Å². The smallest absolute Gasteiger partial charge is 0.417 e. The van der Waals surface area contributed by atoms with Crippen LogP contribution < -0.4 is 10.5 Å². The van der Waals surface area contributed by atoms with Gasteiger partial charge < -0.3 is 10.5 Å². The fraction of sp³-hybridized carbons (Fsp3) is 0.667. The maximum Gasteiger partial charge on any atom is 0.417 e. The van der Waals surface area contributed by atoms with E-state index in [0.717, 1.165) is 0 Å². The van der Waals surface area contributed by atoms with E-state index in [1.54, 1.807) is 0 Å². The monoisotopic (exact) mass is 157 g/mol. The average Bonchev–Trinajstić information content (AvgIpc) is 2.38. The first-order valence-corrected chi connectivity index (χ1v) is 3.52. The molecule has 1 aromatic rings. The Hall–Kier alpha value is -1.10. The van der Waals surface area contributed by atoms with Crippen LogP contribution in [0.4, 0.5) is 0 Å². The quantitative estimate of drug-likeness (QED) is 0.664. The molecule has 1 aromatic heterocycles. The number of rotatable bonds is 4. The van der Waals surface area contributed by atoms with Crippen molar-refractivity contribution in [3.63, 3.8) is 0 Å². The molecule has 0 bridgehead atoms. The van der Waals surface area contributed by atoms with E-state index in [2.05, 4.69) is 10.1 Å². The summed E-state index contributed by atoms with van der Waals surface area (Å²) in [6, 6.07) is 0. The Morgan fingerprint density at radius 2 is 2.45 bits per heavy atom. The van der Waals surface area contributed by atoms with Gasteiger partial charge in [0.05, 0.1) is 6.61 Å². The third-order valence-corrected chi connectivity index (χ3v) is 1.09. The lowest BCUT2D eigenvalue weighted by atomic mass is 10.4. The van der Waals surface area contributed by atoms with Crippen molar-refractivity contribution in [3.05, 3.63) is 5.82 Å². The van der Waals surface area contributed by atoms with E-state index >= 15 is 0 Å². The molecule has 0 atom stereocenters. The third kappa shape index (κ3) is 2.19. The fourth-order valence-electron chi connectivity index (χ4n) is 0.651. The van der Waals surface area contributed by atoms with Crippen LogP contribution in [0.15, 0.2) is 4.52 Å². The van der Waals surface area contributed by atoms with Crippen molar-refractivity contribution < 1.29 is 9.26 Å². The molecule has 1 rings (SSSR count). The number of aromatic nitrogens is 2. The van der Waals surface area contributed by atoms with E-state index in [9.17, 15) is 0 Å². The fourth-order valence-corrected chi connectivity index (χ4v) is 0.651. The molecule has 1 heterocycles. The zero-order chi connectivity index (χ0) is 8.10. The van der Waals surface area contributed by atoms with Crippen LogP contribution in [0.2, 0.25) is 0 Å². The molecular weight excluding hydrogens is 146 g/mol. The van der Waals surface area contributed by atoms with Gasteiger partial charge in [0.2, 0.25) is 0 Å². The first-order chi connectivity index (χ1) is 5.36. The van der Waals surface area contributed by atoms with Gasteiger partial charge in [0, 0.05) is 6.42 Å². The Morgan fingerprint density at radius 3 is 3.09 bits per heavy atom. The van der Waals surface area contributed by atoms with Crippen LogP contribution in [0.3, 0.4) is 0 Å². The van der Waals surface area contributed by atoms with Gasteiger partial charge >= 0.3 is 6.08 Å². The molecule has 5 heteroatoms. The van der Waals surface area contributed by atoms with Gasteiger partial charge in [-0.3, -0.25) is 4.52 Å². The molecule has 0 fully saturated rings. The molecule has 5 nitrogen and oxygen atoms in total. The number of hydrogen-bond acceptors (Lipinski definition) is 5. The maximum absolute atomic E-state index is 5.28. The van der Waals surface area contributed by atoms with Crippen molar-refractivity contribution >= 4 is 0 Å². The largest absolute Gasteiger partial charge is 0.449 e. The minimum absolute atomic E-state index is 0.218. The summed E-state index contributed by atoms with van der Waals surface area (Å²) >= 11 is 0. The summed E-state index contributed by atoms with van der Waals surface area (Å²) in [7, 11) is 0. The van der Waals surface area contributed by atoms with Crippen molar-refractivity contribution in [1.82, 2.24) is 10.1 Å². The summed E-state index contributed by atoms with van der Waals surface area (Å²) in [4.78, 5) is 3.91. The van der Waals surface area contributed by atoms with Crippen molar-refractivity contribution in [2.24, 2.45) is 5.73 Å². The van der Waals surface area contributed by atoms with Crippen LogP contribution in [-0.2, 0) is 6.42 Å². The van der Waals surface area contributed by atoms with Crippen LogP contribution >= 0.6 is 0 Å². The minimum atomic E-state index is 0.218. The molecule has 0 saturated heterocycles. The molecule has 0 aliphatic rings. The predicted octanol–water partition coefficient (Wildman–Crippen LogP) is -0.0305. The highest BCUT2D eigenvalue weighted by Gasteiger charge is 2.03. The Kier molecular flexibility index (Phi) is 2.85. The molecule has 0 amide bonds. The summed E-state index contributed by atoms with van der Waals surface area (Å²) in [5.74, 6) is 0.593. The summed E-state index contributed by atoms with van der Waals surface area (Å²) in [5.41, 5.74) is 5.28. The molecule has 0 radical (unpaired) electrons. The summed E-state index contributed by atoms with van der Waals surface area (Å²) in [6.07, 6.45) is 0.840. The number of nitrogens with zero attached hydrogens (tertiary/aromatic N) is 2. The Bertz CT molecular complexity index is 191. The van der Waals surface area contributed by atoms with Gasteiger partial charge in [0.1, 0.15) is 0 Å². The highest BCUT2D eigenvalue weighted by Crippen LogP contribution is 2.05. The van der Waals surface area contributed by atoms with Crippen LogP contribution in [0.5, 0.6) is 6.08 Å². The third-order valence-electron chi connectivity index (χ3n) is 1.09. The molecule has 0 aliphatic heterocycles. The zero-order valence-corrected chi connectivity index (χ0v) is 6.41. The predicted molar refractivity (Wildman–Crippen MR) is 38.2 cm³/mol. The van der Waals surface area contributed by atoms with Gasteiger partial charge in [-0.05, 0) is 13.5 Å². The maximum atomic E-state index is 5.28. The normalized spacial score (nSPS) is 10.0. The lowest BCUT2D eigenvalue weighted by Gasteiger charge is -1.89. The molecular formula is C6H11N3O2. The molecule has 0 aromatic carbocycles. The molecule has 2 N–H and O–H groups in total. The molecule has 62 valence electrons. The van der Waals surface area contributed by atoms with Crippen molar-refractivity contribution in [1.29, 1.82) is 0 Å². The lowest BCUT2D eigenvalue weighted by molar-refractivity contribution is 0.215. The summed E-state index contributed by atoms with van der Waals surface area (Å²) < 4.78 is 9.67. The molecule has 0 spiro atoms. The first-order valence-electron chi connectivity index (χ1n) is 3.52. The van der Waals surface area contributed by atoms with Crippen LogP contribution in [0.1, 0.15) is 12.7 Å². The molecule has 0 saturated carbocycles. The number of ether oxygens (including phenoxy) is 1.